The lowest BCUT2D eigenvalue weighted by molar-refractivity contribution is 1.30. The van der Waals surface area contributed by atoms with E-state index in [4.69, 9.17) is 9.85 Å². The summed E-state index contributed by atoms with van der Waals surface area (Å²) in [5.41, 5.74) is 5.28. The summed E-state index contributed by atoms with van der Waals surface area (Å²) in [5.74, 6) is 0. The smallest absolute Gasteiger partial charge is 0.106 e. The molecule has 0 aliphatic rings. The van der Waals surface area contributed by atoms with Gasteiger partial charge in [0.1, 0.15) is 5.00 Å². The highest BCUT2D eigenvalue weighted by atomic mass is 32.1. The summed E-state index contributed by atoms with van der Waals surface area (Å²) in [5, 5.41) is 0.538. The van der Waals surface area contributed by atoms with Crippen LogP contribution >= 0.6 is 11.3 Å². The lowest BCUT2D eigenvalue weighted by atomic mass is 10.8. The number of anilines is 1. The summed E-state index contributed by atoms with van der Waals surface area (Å²) in [6.07, 6.45) is 1.35. The molecule has 0 aliphatic heterocycles. The number of hydrogen-bond acceptors (Lipinski definition) is 3. The zero-order valence-electron chi connectivity index (χ0n) is 6.51. The normalized spacial score (nSPS) is 17.4. The molecule has 1 aromatic heterocycles. The number of hydrogen-bond donors (Lipinski definition) is 1. The highest BCUT2D eigenvalue weighted by Gasteiger charge is 1.86. The van der Waals surface area contributed by atoms with Crippen LogP contribution < -0.4 is 5.73 Å². The maximum Gasteiger partial charge on any atom is 0.106 e. The van der Waals surface area contributed by atoms with Gasteiger partial charge in [-0.1, -0.05) is 0 Å². The summed E-state index contributed by atoms with van der Waals surface area (Å²) < 4.78 is 20.7. The number of nitrogens with zero attached hydrogens (tertiary/aromatic N) is 1. The van der Waals surface area contributed by atoms with Crippen molar-refractivity contribution in [3.05, 3.63) is 11.2 Å². The van der Waals surface area contributed by atoms with Gasteiger partial charge in [0, 0.05) is 4.11 Å². The number of aryl methyl sites for hydroxylation is 1. The van der Waals surface area contributed by atoms with Gasteiger partial charge in [0.2, 0.25) is 0 Å². The van der Waals surface area contributed by atoms with Crippen molar-refractivity contribution >= 4 is 16.3 Å². The highest BCUT2D eigenvalue weighted by Crippen LogP contribution is 2.11. The van der Waals surface area contributed by atoms with Crippen molar-refractivity contribution in [1.82, 2.24) is 4.98 Å². The van der Waals surface area contributed by atoms with Crippen LogP contribution in [-0.4, -0.2) is 4.98 Å². The third-order valence-corrected chi connectivity index (χ3v) is 1.16. The van der Waals surface area contributed by atoms with E-state index in [0.29, 0.717) is 5.00 Å². The van der Waals surface area contributed by atoms with Crippen molar-refractivity contribution < 1.29 is 4.11 Å². The Morgan fingerprint density at radius 1 is 2.14 bits per heavy atom. The molecule has 0 bridgehead atoms. The van der Waals surface area contributed by atoms with Crippen LogP contribution in [0.3, 0.4) is 0 Å². The van der Waals surface area contributed by atoms with Crippen LogP contribution in [0.4, 0.5) is 5.00 Å². The van der Waals surface area contributed by atoms with Gasteiger partial charge in [-0.2, -0.15) is 0 Å². The maximum absolute atomic E-state index is 6.91. The van der Waals surface area contributed by atoms with Crippen LogP contribution in [0.25, 0.3) is 0 Å². The lowest BCUT2D eigenvalue weighted by Gasteiger charge is -1.70. The minimum absolute atomic E-state index is 0.102. The van der Waals surface area contributed by atoms with Crippen molar-refractivity contribution in [1.29, 1.82) is 0 Å². The molecule has 0 fully saturated rings. The van der Waals surface area contributed by atoms with E-state index in [0.717, 1.165) is 11.3 Å². The molecule has 0 atom stereocenters. The second kappa shape index (κ2) is 1.50. The predicted octanol–water partition coefficient (Wildman–Crippen LogP) is 1.03. The Kier molecular flexibility index (Phi) is 0.457. The first-order valence-electron chi connectivity index (χ1n) is 3.22. The molecule has 1 aromatic rings. The third kappa shape index (κ3) is 0.899. The van der Waals surface area contributed by atoms with Crippen molar-refractivity contribution in [2.45, 2.75) is 6.85 Å². The molecule has 0 amide bonds. The van der Waals surface area contributed by atoms with E-state index < -0.39 is 6.85 Å². The average molecular weight is 117 g/mol. The minimum atomic E-state index is -2.11. The Hall–Kier alpha value is -0.570. The van der Waals surface area contributed by atoms with Gasteiger partial charge in [0.25, 0.3) is 0 Å². The van der Waals surface area contributed by atoms with E-state index in [1.165, 1.54) is 6.20 Å². The molecule has 0 aromatic carbocycles. The molecule has 3 heteroatoms. The molecule has 0 aliphatic carbocycles. The quantitative estimate of drug-likeness (QED) is 0.551. The standard InChI is InChI=1S/C4H6N2S/c1-3-6-2-4(5)7-3/h2H,5H2,1H3/i1D3. The fourth-order valence-corrected chi connectivity index (χ4v) is 0.721. The Morgan fingerprint density at radius 3 is 3.29 bits per heavy atom. The number of thiazole rings is 1. The first kappa shape index (κ1) is 2.13. The van der Waals surface area contributed by atoms with Gasteiger partial charge in [-0.05, 0) is 6.85 Å². The summed E-state index contributed by atoms with van der Waals surface area (Å²) in [4.78, 5) is 3.62. The fraction of sp³-hybridized carbons (Fsp3) is 0.250. The monoisotopic (exact) mass is 117 g/mol. The number of nitrogen functional groups attached to an aromatic ring is 1. The van der Waals surface area contributed by atoms with Gasteiger partial charge >= 0.3 is 0 Å². The van der Waals surface area contributed by atoms with E-state index in [1.54, 1.807) is 0 Å². The lowest BCUT2D eigenvalue weighted by Crippen LogP contribution is -1.73. The molecule has 0 unspecified atom stereocenters. The van der Waals surface area contributed by atoms with Gasteiger partial charge in [0.05, 0.1) is 11.2 Å². The van der Waals surface area contributed by atoms with Crippen LogP contribution in [0, 0.1) is 6.85 Å². The van der Waals surface area contributed by atoms with Crippen LogP contribution in [0.1, 0.15) is 9.12 Å². The summed E-state index contributed by atoms with van der Waals surface area (Å²) in [6, 6.07) is 0. The number of rotatable bonds is 0. The maximum atomic E-state index is 6.91. The number of aromatic nitrogens is 1. The van der Waals surface area contributed by atoms with Crippen molar-refractivity contribution in [2.75, 3.05) is 5.73 Å². The molecular formula is C4H6N2S. The molecule has 0 saturated heterocycles. The van der Waals surface area contributed by atoms with Crippen LogP contribution in [0.15, 0.2) is 6.20 Å². The minimum Gasteiger partial charge on any atom is -0.389 e. The topological polar surface area (TPSA) is 38.9 Å². The van der Waals surface area contributed by atoms with Crippen molar-refractivity contribution in [3.8, 4) is 0 Å². The molecule has 0 saturated carbocycles. The van der Waals surface area contributed by atoms with E-state index in [9.17, 15) is 0 Å². The molecule has 1 heterocycles. The van der Waals surface area contributed by atoms with Gasteiger partial charge < -0.3 is 5.73 Å². The summed E-state index contributed by atoms with van der Waals surface area (Å²) in [7, 11) is 0. The van der Waals surface area contributed by atoms with Crippen LogP contribution in [0.2, 0.25) is 0 Å². The average Bonchev–Trinajstić information content (AvgIpc) is 2.11. The zero-order valence-corrected chi connectivity index (χ0v) is 4.33. The van der Waals surface area contributed by atoms with E-state index in [1.807, 2.05) is 0 Å². The predicted molar refractivity (Wildman–Crippen MR) is 31.3 cm³/mol. The van der Waals surface area contributed by atoms with Crippen LogP contribution in [0.5, 0.6) is 0 Å². The third-order valence-electron chi connectivity index (χ3n) is 0.524. The highest BCUT2D eigenvalue weighted by molar-refractivity contribution is 7.15. The van der Waals surface area contributed by atoms with E-state index >= 15 is 0 Å². The molecule has 38 valence electrons. The molecular weight excluding hydrogens is 108 g/mol. The van der Waals surface area contributed by atoms with Gasteiger partial charge in [-0.3, -0.25) is 0 Å². The van der Waals surface area contributed by atoms with Gasteiger partial charge in [-0.15, -0.1) is 11.3 Å². The SMILES string of the molecule is [2H]C([2H])([2H])c1ncc(N)s1. The van der Waals surface area contributed by atoms with E-state index in [-0.39, 0.29) is 5.01 Å². The van der Waals surface area contributed by atoms with Gasteiger partial charge in [0.15, 0.2) is 0 Å². The van der Waals surface area contributed by atoms with Crippen LogP contribution in [-0.2, 0) is 0 Å². The van der Waals surface area contributed by atoms with Gasteiger partial charge in [-0.25, -0.2) is 4.98 Å². The summed E-state index contributed by atoms with van der Waals surface area (Å²) in [6.45, 7) is -2.11. The Labute approximate surface area is 50.2 Å². The molecule has 2 nitrogen and oxygen atoms in total. The second-order valence-electron chi connectivity index (χ2n) is 1.07. The van der Waals surface area contributed by atoms with E-state index in [2.05, 4.69) is 4.98 Å². The first-order chi connectivity index (χ1) is 4.50. The van der Waals surface area contributed by atoms with Crippen molar-refractivity contribution in [3.63, 3.8) is 0 Å². The molecule has 1 rings (SSSR count). The first-order valence-corrected chi connectivity index (χ1v) is 2.53. The molecule has 0 spiro atoms. The number of nitrogens with two attached hydrogens (primary N) is 1. The zero-order chi connectivity index (χ0) is 7.78. The van der Waals surface area contributed by atoms with Crippen molar-refractivity contribution in [2.24, 2.45) is 0 Å². The molecule has 7 heavy (non-hydrogen) atoms. The largest absolute Gasteiger partial charge is 0.389 e. The molecule has 0 radical (unpaired) electrons. The summed E-state index contributed by atoms with van der Waals surface area (Å²) >= 11 is 0.999. The Bertz CT molecular complexity index is 229. The second-order valence-corrected chi connectivity index (χ2v) is 2.13. The molecule has 2 N–H and O–H groups in total. The Balaban J connectivity index is 2.96. The Morgan fingerprint density at radius 2 is 3.00 bits per heavy atom. The fourth-order valence-electron chi connectivity index (χ4n) is 0.287.